The summed E-state index contributed by atoms with van der Waals surface area (Å²) >= 11 is -1.98. The Bertz CT molecular complexity index is 309. The first-order chi connectivity index (χ1) is 5.91. The molecule has 1 aromatic carbocycles. The molecule has 0 saturated heterocycles. The van der Waals surface area contributed by atoms with Crippen molar-refractivity contribution in [1.29, 1.82) is 0 Å². The van der Waals surface area contributed by atoms with Crippen LogP contribution in [0.3, 0.4) is 0 Å². The molecule has 0 atom stereocenters. The Morgan fingerprint density at radius 3 is 1.92 bits per heavy atom. The molecule has 0 aliphatic rings. The van der Waals surface area contributed by atoms with Crippen LogP contribution in [0.25, 0.3) is 0 Å². The molecule has 1 rings (SSSR count). The van der Waals surface area contributed by atoms with Crippen molar-refractivity contribution in [2.24, 2.45) is 0 Å². The van der Waals surface area contributed by atoms with Crippen molar-refractivity contribution >= 4 is 27.9 Å². The number of carboxylic acid groups (broad SMARTS) is 1. The van der Waals surface area contributed by atoms with Gasteiger partial charge in [-0.25, -0.2) is 0 Å². The molecule has 0 aliphatic heterocycles. The zero-order valence-electron chi connectivity index (χ0n) is 8.16. The van der Waals surface area contributed by atoms with Crippen molar-refractivity contribution < 1.29 is 9.90 Å². The van der Waals surface area contributed by atoms with Gasteiger partial charge in [0, 0.05) is 0 Å². The molecular weight excluding hydrogens is 271 g/mol. The van der Waals surface area contributed by atoms with Gasteiger partial charge in [-0.15, -0.1) is 0 Å². The summed E-state index contributed by atoms with van der Waals surface area (Å²) in [5, 5.41) is 8.70. The van der Waals surface area contributed by atoms with E-state index in [1.807, 2.05) is 12.1 Å². The number of hydrogen-bond acceptors (Lipinski definition) is 1. The maximum absolute atomic E-state index is 10.6. The molecule has 1 aromatic rings. The Morgan fingerprint density at radius 1 is 1.15 bits per heavy atom. The van der Waals surface area contributed by atoms with E-state index in [0.717, 1.165) is 0 Å². The van der Waals surface area contributed by atoms with Gasteiger partial charge in [0.05, 0.1) is 0 Å². The summed E-state index contributed by atoms with van der Waals surface area (Å²) in [7, 11) is 0. The monoisotopic (exact) mass is 286 g/mol. The van der Waals surface area contributed by atoms with Gasteiger partial charge in [-0.3, -0.25) is 0 Å². The van der Waals surface area contributed by atoms with Crippen LogP contribution in [0.15, 0.2) is 24.3 Å². The zero-order valence-corrected chi connectivity index (χ0v) is 11.0. The standard InChI is InChI=1S/C7H5O2.3CH3.Sn/c8-7(9)6-4-2-1-3-5-6;;;;/h2-5H,(H,8,9);3*1H3;. The van der Waals surface area contributed by atoms with E-state index in [1.165, 1.54) is 3.58 Å². The van der Waals surface area contributed by atoms with E-state index in [0.29, 0.717) is 5.56 Å². The molecule has 0 saturated carbocycles. The molecule has 3 heteroatoms. The van der Waals surface area contributed by atoms with E-state index >= 15 is 0 Å². The van der Waals surface area contributed by atoms with E-state index in [1.54, 1.807) is 12.1 Å². The van der Waals surface area contributed by atoms with Gasteiger partial charge in [-0.05, 0) is 0 Å². The van der Waals surface area contributed by atoms with Gasteiger partial charge in [0.2, 0.25) is 0 Å². The van der Waals surface area contributed by atoms with E-state index in [-0.39, 0.29) is 0 Å². The predicted octanol–water partition coefficient (Wildman–Crippen LogP) is 1.93. The second-order valence-electron chi connectivity index (χ2n) is 4.13. The Morgan fingerprint density at radius 2 is 1.62 bits per heavy atom. The van der Waals surface area contributed by atoms with Crippen molar-refractivity contribution in [3.05, 3.63) is 29.8 Å². The van der Waals surface area contributed by atoms with Crippen molar-refractivity contribution in [3.8, 4) is 0 Å². The van der Waals surface area contributed by atoms with Gasteiger partial charge in [0.15, 0.2) is 0 Å². The molecule has 0 unspecified atom stereocenters. The maximum atomic E-state index is 10.6. The van der Waals surface area contributed by atoms with E-state index in [9.17, 15) is 4.79 Å². The molecule has 70 valence electrons. The van der Waals surface area contributed by atoms with Crippen LogP contribution in [-0.4, -0.2) is 29.5 Å². The molecule has 0 fully saturated rings. The van der Waals surface area contributed by atoms with E-state index < -0.39 is 24.3 Å². The first kappa shape index (κ1) is 10.6. The Labute approximate surface area is 82.5 Å². The number of benzene rings is 1. The van der Waals surface area contributed by atoms with Gasteiger partial charge in [0.1, 0.15) is 0 Å². The molecule has 0 spiro atoms. The van der Waals surface area contributed by atoms with Crippen molar-refractivity contribution in [2.45, 2.75) is 14.8 Å². The third kappa shape index (κ3) is 2.72. The molecule has 0 aromatic heterocycles. The second-order valence-corrected chi connectivity index (χ2v) is 18.6. The van der Waals surface area contributed by atoms with Crippen LogP contribution < -0.4 is 3.58 Å². The van der Waals surface area contributed by atoms with E-state index in [4.69, 9.17) is 5.11 Å². The fourth-order valence-corrected chi connectivity index (χ4v) is 4.44. The topological polar surface area (TPSA) is 37.3 Å². The second kappa shape index (κ2) is 3.70. The van der Waals surface area contributed by atoms with Gasteiger partial charge in [0.25, 0.3) is 0 Å². The van der Waals surface area contributed by atoms with Crippen LogP contribution in [-0.2, 0) is 0 Å². The number of rotatable bonds is 2. The van der Waals surface area contributed by atoms with Gasteiger partial charge in [-0.1, -0.05) is 0 Å². The molecule has 0 heterocycles. The van der Waals surface area contributed by atoms with E-state index in [2.05, 4.69) is 14.8 Å². The first-order valence-electron chi connectivity index (χ1n) is 4.25. The normalized spacial score (nSPS) is 11.3. The summed E-state index contributed by atoms with van der Waals surface area (Å²) in [4.78, 5) is 17.5. The van der Waals surface area contributed by atoms with Crippen molar-refractivity contribution in [1.82, 2.24) is 0 Å². The Kier molecular flexibility index (Phi) is 3.01. The average molecular weight is 285 g/mol. The number of carboxylic acids is 1. The third-order valence-electron chi connectivity index (χ3n) is 2.00. The molecule has 1 N–H and O–H groups in total. The Hall–Kier alpha value is -0.511. The fourth-order valence-electron chi connectivity index (χ4n) is 1.11. The van der Waals surface area contributed by atoms with Gasteiger partial charge >= 0.3 is 82.5 Å². The summed E-state index contributed by atoms with van der Waals surface area (Å²) in [6.07, 6.45) is 0. The molecule has 0 bridgehead atoms. The number of hydrogen-bond donors (Lipinski definition) is 1. The van der Waals surface area contributed by atoms with Crippen LogP contribution in [0.5, 0.6) is 0 Å². The van der Waals surface area contributed by atoms with Crippen molar-refractivity contribution in [3.63, 3.8) is 0 Å². The molecule has 0 amide bonds. The predicted molar refractivity (Wildman–Crippen MR) is 56.4 cm³/mol. The van der Waals surface area contributed by atoms with Crippen LogP contribution in [0.1, 0.15) is 10.4 Å². The molecule has 2 nitrogen and oxygen atoms in total. The fraction of sp³-hybridized carbons (Fsp3) is 0.300. The van der Waals surface area contributed by atoms with Crippen LogP contribution in [0.2, 0.25) is 14.8 Å². The minimum absolute atomic E-state index is 0.374. The summed E-state index contributed by atoms with van der Waals surface area (Å²) in [5.74, 6) is -0.851. The first-order valence-corrected chi connectivity index (χ1v) is 14.2. The van der Waals surface area contributed by atoms with Crippen LogP contribution >= 0.6 is 0 Å². The number of carbonyl (C=O) groups is 1. The zero-order chi connectivity index (χ0) is 10.1. The van der Waals surface area contributed by atoms with Crippen molar-refractivity contribution in [2.75, 3.05) is 0 Å². The van der Waals surface area contributed by atoms with Gasteiger partial charge < -0.3 is 0 Å². The molecule has 13 heavy (non-hydrogen) atoms. The molecular formula is C10H14O2Sn. The average Bonchev–Trinajstić information content (AvgIpc) is 2.03. The minimum atomic E-state index is -1.98. The Balaban J connectivity index is 3.01. The quantitative estimate of drug-likeness (QED) is 0.843. The van der Waals surface area contributed by atoms with Crippen LogP contribution in [0, 0.1) is 0 Å². The summed E-state index contributed by atoms with van der Waals surface area (Å²) in [6, 6.07) is 7.30. The molecule has 0 aliphatic carbocycles. The summed E-state index contributed by atoms with van der Waals surface area (Å²) < 4.78 is 1.36. The number of aromatic carboxylic acids is 1. The third-order valence-corrected chi connectivity index (χ3v) is 7.89. The summed E-state index contributed by atoms with van der Waals surface area (Å²) in [5.41, 5.74) is 0.374. The summed E-state index contributed by atoms with van der Waals surface area (Å²) in [6.45, 7) is 0. The van der Waals surface area contributed by atoms with Gasteiger partial charge in [-0.2, -0.15) is 0 Å². The molecule has 0 radical (unpaired) electrons. The SMILES string of the molecule is [CH3][Sn]([CH3])([CH3])[c]1ccc(C(=O)O)cc1. The van der Waals surface area contributed by atoms with Crippen LogP contribution in [0.4, 0.5) is 0 Å².